The molecule has 382 valence electrons. The van der Waals surface area contributed by atoms with Gasteiger partial charge in [0.25, 0.3) is 11.7 Å². The molecule has 5 N–H and O–H groups in total. The number of methoxy groups -OCH3 is 1. The molecule has 1 fully saturated rings. The molecule has 4 heterocycles. The summed E-state index contributed by atoms with van der Waals surface area (Å²) in [5, 5.41) is 50.6. The van der Waals surface area contributed by atoms with Crippen LogP contribution in [-0.2, 0) is 33.3 Å². The van der Waals surface area contributed by atoms with Crippen LogP contribution in [0.1, 0.15) is 90.6 Å². The number of carbonyl (C=O) groups is 4. The number of phenolic OH excluding ortho intramolecular Hbond substituents is 2. The molecular formula is C52H71N5O13. The molecule has 2 aromatic rings. The number of likely N-dealkylation sites (tertiary alicyclic amines) is 1. The lowest BCUT2D eigenvalue weighted by Gasteiger charge is -2.38. The summed E-state index contributed by atoms with van der Waals surface area (Å²) in [5.41, 5.74) is -0.859. The van der Waals surface area contributed by atoms with Gasteiger partial charge in [-0.25, -0.2) is 0 Å². The van der Waals surface area contributed by atoms with E-state index in [9.17, 15) is 34.8 Å². The number of hydrogen-bond acceptors (Lipinski definition) is 17. The number of piperidine rings is 1. The molecule has 4 aliphatic rings. The number of amides is 1. The Morgan fingerprint density at radius 3 is 2.29 bits per heavy atom. The number of aliphatic hydroxyl groups excluding tert-OH is 2. The molecule has 18 heteroatoms. The Balaban J connectivity index is 1.49. The van der Waals surface area contributed by atoms with Gasteiger partial charge < -0.3 is 54.3 Å². The average Bonchev–Trinajstić information content (AvgIpc) is 3.85. The zero-order valence-corrected chi connectivity index (χ0v) is 42.3. The van der Waals surface area contributed by atoms with Gasteiger partial charge in [0, 0.05) is 85.9 Å². The summed E-state index contributed by atoms with van der Waals surface area (Å²) < 4.78 is 29.6. The molecule has 1 spiro atoms. The van der Waals surface area contributed by atoms with Crippen molar-refractivity contribution in [2.45, 2.75) is 117 Å². The van der Waals surface area contributed by atoms with Crippen molar-refractivity contribution in [3.8, 4) is 17.2 Å². The Bertz CT molecular complexity index is 2580. The number of phenols is 2. The van der Waals surface area contributed by atoms with Crippen molar-refractivity contribution < 1.29 is 63.3 Å². The van der Waals surface area contributed by atoms with Crippen LogP contribution in [0.25, 0.3) is 10.8 Å². The average molecular weight is 974 g/mol. The second kappa shape index (κ2) is 21.8. The molecule has 0 radical (unpaired) electrons. The maximum Gasteiger partial charge on any atom is 0.336 e. The van der Waals surface area contributed by atoms with Crippen molar-refractivity contribution in [1.82, 2.24) is 9.80 Å². The number of hydrogen-bond donors (Lipinski definition) is 5. The molecule has 1 amide bonds. The number of aliphatic hydroxyl groups is 2. The van der Waals surface area contributed by atoms with E-state index in [-0.39, 0.29) is 56.4 Å². The standard InChI is InChI=1S/C52H71N5O13/c1-13-52-49(64)39-37-38(45(62)33(10)48(39)70-52)46(63)42(41-40(37)54-51(55-41)19-21-57(22-20-51)25-27(3)4)53-50(65)29(6)17-15-16-28(5)43(60)31(8)44(61)32(9)47(30(7)34(66-12)18-23-68-52)69-36(59)24-35(58)67-26-56(11)14-2/h13,15-18,23,27-28,30-32,34,43-44,47,60-63H,1,14,19-22,24-26H2,2-12H3,(H,53,65)/b16-15+,23-18+,29-17-/t28-,30+,31+,32+,34-,43-,44+,47+,52-/m0/s1. The number of esters is 2. The van der Waals surface area contributed by atoms with Gasteiger partial charge in [0.2, 0.25) is 0 Å². The lowest BCUT2D eigenvalue weighted by atomic mass is 9.78. The first kappa shape index (κ1) is 53.7. The number of carbonyl (C=O) groups excluding carboxylic acids is 4. The molecule has 18 nitrogen and oxygen atoms in total. The van der Waals surface area contributed by atoms with Gasteiger partial charge in [-0.3, -0.25) is 34.1 Å². The Hall–Kier alpha value is -5.66. The molecular weight excluding hydrogens is 903 g/mol. The topological polar surface area (TPSA) is 239 Å². The summed E-state index contributed by atoms with van der Waals surface area (Å²) >= 11 is 0. The predicted molar refractivity (Wildman–Crippen MR) is 260 cm³/mol. The van der Waals surface area contributed by atoms with Crippen LogP contribution >= 0.6 is 0 Å². The van der Waals surface area contributed by atoms with Gasteiger partial charge in [0.1, 0.15) is 41.8 Å². The number of aromatic hydroxyl groups is 2. The Morgan fingerprint density at radius 2 is 1.66 bits per heavy atom. The van der Waals surface area contributed by atoms with Crippen molar-refractivity contribution in [3.63, 3.8) is 0 Å². The third-order valence-electron chi connectivity index (χ3n) is 14.2. The minimum Gasteiger partial charge on any atom is -0.507 e. The van der Waals surface area contributed by atoms with Gasteiger partial charge in [0.05, 0.1) is 40.9 Å². The van der Waals surface area contributed by atoms with Crippen molar-refractivity contribution in [2.24, 2.45) is 39.6 Å². The zero-order chi connectivity index (χ0) is 51.6. The normalized spacial score (nSPS) is 29.9. The fourth-order valence-corrected chi connectivity index (χ4v) is 9.70. The van der Waals surface area contributed by atoms with Crippen LogP contribution in [0.2, 0.25) is 0 Å². The fourth-order valence-electron chi connectivity index (χ4n) is 9.70. The summed E-state index contributed by atoms with van der Waals surface area (Å²) in [6, 6.07) is 0. The molecule has 70 heavy (non-hydrogen) atoms. The maximum atomic E-state index is 15.0. The highest BCUT2D eigenvalue weighted by Gasteiger charge is 2.52. The number of ether oxygens (including phenoxy) is 5. The molecule has 6 rings (SSSR count). The smallest absolute Gasteiger partial charge is 0.336 e. The van der Waals surface area contributed by atoms with Crippen molar-refractivity contribution in [1.29, 1.82) is 0 Å². The number of anilines is 1. The van der Waals surface area contributed by atoms with Crippen LogP contribution in [0.3, 0.4) is 0 Å². The van der Waals surface area contributed by atoms with Gasteiger partial charge in [-0.15, -0.1) is 0 Å². The Labute approximate surface area is 409 Å². The highest BCUT2D eigenvalue weighted by Crippen LogP contribution is 2.50. The van der Waals surface area contributed by atoms with E-state index in [1.165, 1.54) is 32.4 Å². The van der Waals surface area contributed by atoms with Crippen LogP contribution < -0.4 is 20.8 Å². The minimum atomic E-state index is -2.22. The quantitative estimate of drug-likeness (QED) is 0.0711. The van der Waals surface area contributed by atoms with E-state index in [1.54, 1.807) is 58.7 Å². The van der Waals surface area contributed by atoms with Gasteiger partial charge in [-0.05, 0) is 39.4 Å². The molecule has 0 unspecified atom stereocenters. The van der Waals surface area contributed by atoms with Crippen LogP contribution in [0.15, 0.2) is 58.8 Å². The molecule has 0 saturated carbocycles. The fraction of sp³-hybridized carbons (Fsp3) is 0.577. The second-order valence-electron chi connectivity index (χ2n) is 19.8. The largest absolute Gasteiger partial charge is 0.507 e. The molecule has 4 aliphatic heterocycles. The lowest BCUT2D eigenvalue weighted by Crippen LogP contribution is -2.47. The van der Waals surface area contributed by atoms with Crippen LogP contribution in [0.5, 0.6) is 17.2 Å². The van der Waals surface area contributed by atoms with Crippen LogP contribution in [0, 0.1) is 36.5 Å². The first-order chi connectivity index (χ1) is 33.0. The zero-order valence-electron chi connectivity index (χ0n) is 42.3. The van der Waals surface area contributed by atoms with E-state index in [0.29, 0.717) is 38.4 Å². The molecule has 4 bridgehead atoms. The van der Waals surface area contributed by atoms with Gasteiger partial charge in [0.15, 0.2) is 11.4 Å². The highest BCUT2D eigenvalue weighted by atomic mass is 16.7. The number of nitrogens with zero attached hydrogens (tertiary/aromatic N) is 4. The summed E-state index contributed by atoms with van der Waals surface area (Å²) in [6.07, 6.45) is 4.48. The maximum absolute atomic E-state index is 15.0. The molecule has 0 aromatic heterocycles. The number of allylic oxidation sites excluding steroid dienone is 2. The van der Waals surface area contributed by atoms with E-state index in [1.807, 2.05) is 6.92 Å². The number of nitrogens with one attached hydrogen (secondary N) is 1. The summed E-state index contributed by atoms with van der Waals surface area (Å²) in [5.74, 6) is -8.83. The minimum absolute atomic E-state index is 0.0335. The SMILES string of the molecule is C=C[C@@]12O/C=C/[C@H](OC)[C@@H](C)[C@@H](OC(=O)CC(=O)OCN(C)CC)[C@H](C)[C@H](O)[C@H](C)[C@@H](O)[C@@H](C)/C=C/C=C(/C)C(=O)Nc3c(O)c4c(O)c(C)c(c(c4c4c3=NC3(CCN(CC(C)C)CC3)N=4)C1=O)O2. The first-order valence-electron chi connectivity index (χ1n) is 24.1. The molecule has 0 aliphatic carbocycles. The highest BCUT2D eigenvalue weighted by molar-refractivity contribution is 6.20. The van der Waals surface area contributed by atoms with Gasteiger partial charge in [-0.1, -0.05) is 73.3 Å². The summed E-state index contributed by atoms with van der Waals surface area (Å²) in [6.45, 7) is 22.7. The number of benzene rings is 2. The number of ketones is 1. The van der Waals surface area contributed by atoms with Crippen LogP contribution in [-0.4, -0.2) is 137 Å². The first-order valence-corrected chi connectivity index (χ1v) is 24.1. The predicted octanol–water partition coefficient (Wildman–Crippen LogP) is 4.74. The Kier molecular flexibility index (Phi) is 16.7. The third kappa shape index (κ3) is 10.7. The molecule has 1 saturated heterocycles. The monoisotopic (exact) mass is 974 g/mol. The number of Topliss-reactive ketones (excluding diaryl/α,β-unsaturated/α-hetero) is 1. The van der Waals surface area contributed by atoms with Crippen molar-refractivity contribution >= 4 is 40.1 Å². The molecule has 9 atom stereocenters. The third-order valence-corrected chi connectivity index (χ3v) is 14.2. The summed E-state index contributed by atoms with van der Waals surface area (Å²) in [7, 11) is 3.16. The van der Waals surface area contributed by atoms with Crippen LogP contribution in [0.4, 0.5) is 5.69 Å². The van der Waals surface area contributed by atoms with E-state index < -0.39 is 101 Å². The number of rotatable bonds is 10. The van der Waals surface area contributed by atoms with Gasteiger partial charge >= 0.3 is 17.7 Å². The van der Waals surface area contributed by atoms with Gasteiger partial charge in [-0.2, -0.15) is 0 Å². The number of fused-ring (bicyclic) bond motifs is 1. The second-order valence-corrected chi connectivity index (χ2v) is 19.8. The lowest BCUT2D eigenvalue weighted by molar-refractivity contribution is -0.168. The summed E-state index contributed by atoms with van der Waals surface area (Å²) in [4.78, 5) is 69.6. The van der Waals surface area contributed by atoms with E-state index in [0.717, 1.165) is 12.6 Å². The van der Waals surface area contributed by atoms with E-state index in [4.69, 9.17) is 33.7 Å². The van der Waals surface area contributed by atoms with E-state index in [2.05, 4.69) is 30.6 Å². The van der Waals surface area contributed by atoms with E-state index >= 15 is 4.79 Å². The molecule has 2 aromatic carbocycles. The Morgan fingerprint density at radius 1 is 0.986 bits per heavy atom. The van der Waals surface area contributed by atoms with Crippen molar-refractivity contribution in [3.05, 3.63) is 70.6 Å². The van der Waals surface area contributed by atoms with Crippen molar-refractivity contribution in [2.75, 3.05) is 52.4 Å².